The van der Waals surface area contributed by atoms with Gasteiger partial charge in [0.05, 0.1) is 10.8 Å². The summed E-state index contributed by atoms with van der Waals surface area (Å²) < 4.78 is 26.6. The predicted molar refractivity (Wildman–Crippen MR) is 74.9 cm³/mol. The second kappa shape index (κ2) is 6.02. The quantitative estimate of drug-likeness (QED) is 0.842. The smallest absolute Gasteiger partial charge is 0.308 e. The van der Waals surface area contributed by atoms with E-state index < -0.39 is 21.9 Å². The topological polar surface area (TPSA) is 83.5 Å². The molecule has 1 heterocycles. The molecule has 0 aromatic carbocycles. The summed E-state index contributed by atoms with van der Waals surface area (Å²) in [6.07, 6.45) is 0. The summed E-state index contributed by atoms with van der Waals surface area (Å²) in [4.78, 5) is 12.9. The Morgan fingerprint density at radius 1 is 1.42 bits per heavy atom. The number of thiophene rings is 1. The van der Waals surface area contributed by atoms with Crippen LogP contribution in [0.4, 0.5) is 0 Å². The summed E-state index contributed by atoms with van der Waals surface area (Å²) in [7, 11) is -3.64. The van der Waals surface area contributed by atoms with Crippen LogP contribution in [-0.2, 0) is 14.8 Å². The number of sulfonamides is 1. The van der Waals surface area contributed by atoms with Crippen molar-refractivity contribution in [2.24, 2.45) is 11.8 Å². The first kappa shape index (κ1) is 16.1. The number of nitrogens with one attached hydrogen (secondary N) is 1. The average Bonchev–Trinajstić information content (AvgIpc) is 2.57. The Bertz CT molecular complexity index is 560. The number of hydrogen-bond acceptors (Lipinski definition) is 4. The van der Waals surface area contributed by atoms with Crippen molar-refractivity contribution < 1.29 is 18.3 Å². The number of rotatable bonds is 6. The number of carbonyl (C=O) groups is 1. The molecule has 0 radical (unpaired) electrons. The van der Waals surface area contributed by atoms with Crippen LogP contribution in [0.5, 0.6) is 0 Å². The van der Waals surface area contributed by atoms with Gasteiger partial charge in [-0.05, 0) is 25.8 Å². The van der Waals surface area contributed by atoms with Crippen molar-refractivity contribution in [2.75, 3.05) is 6.54 Å². The first-order valence-electron chi connectivity index (χ1n) is 5.94. The van der Waals surface area contributed by atoms with E-state index in [0.717, 1.165) is 4.88 Å². The fraction of sp³-hybridized carbons (Fsp3) is 0.583. The van der Waals surface area contributed by atoms with Crippen LogP contribution in [0, 0.1) is 25.7 Å². The molecule has 7 heteroatoms. The van der Waals surface area contributed by atoms with Gasteiger partial charge in [0, 0.05) is 16.3 Å². The molecule has 1 unspecified atom stereocenters. The van der Waals surface area contributed by atoms with Gasteiger partial charge in [-0.2, -0.15) is 0 Å². The molecule has 0 aliphatic rings. The molecule has 0 fully saturated rings. The molecular weight excluding hydrogens is 286 g/mol. The Morgan fingerprint density at radius 3 is 2.37 bits per heavy atom. The van der Waals surface area contributed by atoms with Crippen LogP contribution in [0.25, 0.3) is 0 Å². The number of aliphatic carboxylic acids is 1. The highest BCUT2D eigenvalue weighted by Gasteiger charge is 2.25. The molecule has 2 N–H and O–H groups in total. The molecule has 0 saturated carbocycles. The van der Waals surface area contributed by atoms with Gasteiger partial charge in [-0.3, -0.25) is 4.79 Å². The second-order valence-electron chi connectivity index (χ2n) is 4.82. The highest BCUT2D eigenvalue weighted by Crippen LogP contribution is 2.25. The lowest BCUT2D eigenvalue weighted by Gasteiger charge is -2.16. The molecule has 1 atom stereocenters. The minimum atomic E-state index is -3.64. The molecule has 0 aliphatic heterocycles. The van der Waals surface area contributed by atoms with Gasteiger partial charge in [-0.1, -0.05) is 13.8 Å². The van der Waals surface area contributed by atoms with E-state index in [-0.39, 0.29) is 17.4 Å². The zero-order chi connectivity index (χ0) is 14.8. The van der Waals surface area contributed by atoms with Crippen molar-refractivity contribution in [3.63, 3.8) is 0 Å². The van der Waals surface area contributed by atoms with Crippen LogP contribution in [0.3, 0.4) is 0 Å². The van der Waals surface area contributed by atoms with Crippen LogP contribution < -0.4 is 4.72 Å². The van der Waals surface area contributed by atoms with Gasteiger partial charge in [0.2, 0.25) is 10.0 Å². The highest BCUT2D eigenvalue weighted by molar-refractivity contribution is 7.89. The van der Waals surface area contributed by atoms with Gasteiger partial charge in [0.25, 0.3) is 0 Å². The number of carboxylic acid groups (broad SMARTS) is 1. The van der Waals surface area contributed by atoms with Gasteiger partial charge >= 0.3 is 5.97 Å². The van der Waals surface area contributed by atoms with Crippen LogP contribution in [-0.4, -0.2) is 26.0 Å². The molecule has 1 aromatic rings. The zero-order valence-electron chi connectivity index (χ0n) is 11.4. The molecule has 0 aliphatic carbocycles. The third-order valence-corrected chi connectivity index (χ3v) is 5.55. The molecule has 1 rings (SSSR count). The fourth-order valence-electron chi connectivity index (χ4n) is 1.76. The highest BCUT2D eigenvalue weighted by atomic mass is 32.2. The van der Waals surface area contributed by atoms with Crippen molar-refractivity contribution in [3.8, 4) is 0 Å². The largest absolute Gasteiger partial charge is 0.481 e. The van der Waals surface area contributed by atoms with Crippen molar-refractivity contribution in [3.05, 3.63) is 15.8 Å². The second-order valence-corrected chi connectivity index (χ2v) is 8.01. The lowest BCUT2D eigenvalue weighted by atomic mass is 9.97. The molecule has 0 bridgehead atoms. The van der Waals surface area contributed by atoms with Crippen LogP contribution in [0.1, 0.15) is 23.6 Å². The normalized spacial score (nSPS) is 13.7. The fourth-order valence-corrected chi connectivity index (χ4v) is 4.37. The van der Waals surface area contributed by atoms with E-state index in [9.17, 15) is 13.2 Å². The number of carboxylic acids is 1. The third kappa shape index (κ3) is 4.02. The maximum atomic E-state index is 12.1. The summed E-state index contributed by atoms with van der Waals surface area (Å²) >= 11 is 1.41. The summed E-state index contributed by atoms with van der Waals surface area (Å²) in [6, 6.07) is 1.60. The number of aryl methyl sites for hydroxylation is 2. The van der Waals surface area contributed by atoms with Crippen LogP contribution >= 0.6 is 11.3 Å². The van der Waals surface area contributed by atoms with Crippen molar-refractivity contribution in [2.45, 2.75) is 32.6 Å². The summed E-state index contributed by atoms with van der Waals surface area (Å²) in [5, 5.41) is 9.04. The van der Waals surface area contributed by atoms with E-state index in [1.165, 1.54) is 11.3 Å². The lowest BCUT2D eigenvalue weighted by molar-refractivity contribution is -0.142. The Balaban J connectivity index is 2.87. The maximum Gasteiger partial charge on any atom is 0.308 e. The molecule has 1 aromatic heterocycles. The van der Waals surface area contributed by atoms with E-state index in [0.29, 0.717) is 4.88 Å². The van der Waals surface area contributed by atoms with E-state index >= 15 is 0 Å². The van der Waals surface area contributed by atoms with E-state index in [1.807, 2.05) is 6.92 Å². The van der Waals surface area contributed by atoms with Crippen LogP contribution in [0.2, 0.25) is 0 Å². The Kier molecular flexibility index (Phi) is 5.11. The SMILES string of the molecule is Cc1cc(S(=O)(=O)NCC(C(=O)O)C(C)C)c(C)s1. The van der Waals surface area contributed by atoms with E-state index in [2.05, 4.69) is 4.72 Å². The first-order chi connectivity index (χ1) is 8.65. The van der Waals surface area contributed by atoms with Crippen molar-refractivity contribution >= 4 is 27.3 Å². The molecule has 0 spiro atoms. The molecule has 19 heavy (non-hydrogen) atoms. The third-order valence-electron chi connectivity index (χ3n) is 2.90. The zero-order valence-corrected chi connectivity index (χ0v) is 13.1. The monoisotopic (exact) mass is 305 g/mol. The first-order valence-corrected chi connectivity index (χ1v) is 8.24. The predicted octanol–water partition coefficient (Wildman–Crippen LogP) is 2.00. The van der Waals surface area contributed by atoms with Gasteiger partial charge in [-0.15, -0.1) is 11.3 Å². The lowest BCUT2D eigenvalue weighted by Crippen LogP contribution is -2.35. The van der Waals surface area contributed by atoms with Gasteiger partial charge in [0.15, 0.2) is 0 Å². The summed E-state index contributed by atoms with van der Waals surface area (Å²) in [6.45, 7) is 7.00. The minimum absolute atomic E-state index is 0.0936. The molecule has 0 amide bonds. The molecule has 0 saturated heterocycles. The van der Waals surface area contributed by atoms with Gasteiger partial charge < -0.3 is 5.11 Å². The number of hydrogen-bond donors (Lipinski definition) is 2. The molecule has 5 nitrogen and oxygen atoms in total. The standard InChI is InChI=1S/C12H19NO4S2/c1-7(2)10(12(14)15)6-13-19(16,17)11-5-8(3)18-9(11)4/h5,7,10,13H,6H2,1-4H3,(H,14,15). The molecular formula is C12H19NO4S2. The molecule has 108 valence electrons. The van der Waals surface area contributed by atoms with E-state index in [4.69, 9.17) is 5.11 Å². The Morgan fingerprint density at radius 2 is 2.00 bits per heavy atom. The van der Waals surface area contributed by atoms with Gasteiger partial charge in [-0.25, -0.2) is 13.1 Å². The van der Waals surface area contributed by atoms with E-state index in [1.54, 1.807) is 26.8 Å². The summed E-state index contributed by atoms with van der Waals surface area (Å²) in [5.74, 6) is -1.85. The average molecular weight is 305 g/mol. The van der Waals surface area contributed by atoms with Crippen molar-refractivity contribution in [1.29, 1.82) is 0 Å². The van der Waals surface area contributed by atoms with Crippen molar-refractivity contribution in [1.82, 2.24) is 4.72 Å². The van der Waals surface area contributed by atoms with Crippen LogP contribution in [0.15, 0.2) is 11.0 Å². The Hall–Kier alpha value is -0.920. The maximum absolute atomic E-state index is 12.1. The van der Waals surface area contributed by atoms with Gasteiger partial charge in [0.1, 0.15) is 0 Å². The summed E-state index contributed by atoms with van der Waals surface area (Å²) in [5.41, 5.74) is 0. The Labute approximate surface area is 117 Å². The minimum Gasteiger partial charge on any atom is -0.481 e.